The second kappa shape index (κ2) is 14.6. The van der Waals surface area contributed by atoms with Gasteiger partial charge in [-0.25, -0.2) is 17.6 Å². The van der Waals surface area contributed by atoms with Crippen molar-refractivity contribution in [2.45, 2.75) is 45.0 Å². The maximum absolute atomic E-state index is 15.1. The number of ether oxygens (including phenoxy) is 3. The molecule has 0 unspecified atom stereocenters. The van der Waals surface area contributed by atoms with E-state index in [-0.39, 0.29) is 22.6 Å². The van der Waals surface area contributed by atoms with Gasteiger partial charge in [0.05, 0.1) is 24.1 Å². The minimum Gasteiger partial charge on any atom is -0.429 e. The fraction of sp³-hybridized carbons (Fsp3) is 0.286. The molecule has 46 heavy (non-hydrogen) atoms. The Morgan fingerprint density at radius 1 is 0.804 bits per heavy atom. The lowest BCUT2D eigenvalue weighted by Gasteiger charge is -2.29. The number of aliphatic imine (C=N–C) groups is 1. The van der Waals surface area contributed by atoms with Gasteiger partial charge in [-0.05, 0) is 72.2 Å². The average molecular weight is 658 g/mol. The second-order valence-corrected chi connectivity index (χ2v) is 11.1. The highest BCUT2D eigenvalue weighted by atomic mass is 32.1. The first-order chi connectivity index (χ1) is 22.1. The second-order valence-electron chi connectivity index (χ2n) is 10.9. The largest absolute Gasteiger partial charge is 0.432 e. The van der Waals surface area contributed by atoms with Gasteiger partial charge in [0.15, 0.2) is 6.29 Å². The van der Waals surface area contributed by atoms with Crippen LogP contribution in [0, 0.1) is 29.2 Å². The summed E-state index contributed by atoms with van der Waals surface area (Å²) in [7, 11) is 0. The Bertz CT molecular complexity index is 1710. The molecule has 1 fully saturated rings. The molecule has 240 valence electrons. The van der Waals surface area contributed by atoms with E-state index in [1.54, 1.807) is 24.3 Å². The normalized spacial score (nSPS) is 16.6. The standard InChI is InChI=1S/C35H29F6NO3S/c1-2-3-4-5-21-18-43-34(44-19-21)23-8-12-28(29(36)14-23)24-15-31(38)33(32(39)16-24)35(40,41)45-26-11-13-27(30(37)17-26)22-6-9-25(10-7-22)42-20-46/h6-17,21,34H,2-5,18-19H2,1H3. The van der Waals surface area contributed by atoms with Crippen LogP contribution >= 0.6 is 12.2 Å². The molecule has 4 aromatic carbocycles. The van der Waals surface area contributed by atoms with Crippen LogP contribution < -0.4 is 4.74 Å². The maximum atomic E-state index is 15.1. The topological polar surface area (TPSA) is 40.0 Å². The number of hydrogen-bond donors (Lipinski definition) is 0. The molecule has 0 spiro atoms. The summed E-state index contributed by atoms with van der Waals surface area (Å²) in [6, 6.07) is 14.2. The summed E-state index contributed by atoms with van der Waals surface area (Å²) in [6.07, 6.45) is -1.07. The van der Waals surface area contributed by atoms with Crippen molar-refractivity contribution in [3.05, 3.63) is 107 Å². The first kappa shape index (κ1) is 33.3. The Kier molecular flexibility index (Phi) is 10.6. The zero-order valence-corrected chi connectivity index (χ0v) is 25.5. The van der Waals surface area contributed by atoms with Crippen molar-refractivity contribution >= 4 is 23.1 Å². The lowest BCUT2D eigenvalue weighted by atomic mass is 9.99. The smallest absolute Gasteiger partial charge is 0.429 e. The Morgan fingerprint density at radius 3 is 2.04 bits per heavy atom. The molecule has 11 heteroatoms. The molecule has 5 rings (SSSR count). The van der Waals surface area contributed by atoms with Crippen LogP contribution in [0.15, 0.2) is 77.8 Å². The van der Waals surface area contributed by atoms with Gasteiger partial charge in [0, 0.05) is 28.7 Å². The van der Waals surface area contributed by atoms with E-state index in [4.69, 9.17) is 9.47 Å². The highest BCUT2D eigenvalue weighted by molar-refractivity contribution is 7.78. The predicted molar refractivity (Wildman–Crippen MR) is 165 cm³/mol. The molecule has 0 atom stereocenters. The lowest BCUT2D eigenvalue weighted by Crippen LogP contribution is -2.27. The molecular formula is C35H29F6NO3S. The van der Waals surface area contributed by atoms with Crippen LogP contribution in [-0.4, -0.2) is 18.4 Å². The summed E-state index contributed by atoms with van der Waals surface area (Å²) < 4.78 is 106. The van der Waals surface area contributed by atoms with E-state index in [1.807, 2.05) is 0 Å². The molecule has 0 aliphatic carbocycles. The number of hydrogen-bond acceptors (Lipinski definition) is 5. The summed E-state index contributed by atoms with van der Waals surface area (Å²) in [5.41, 5.74) is -0.883. The third-order valence-electron chi connectivity index (χ3n) is 7.63. The molecule has 0 aromatic heterocycles. The SMILES string of the molecule is CCCCCC1COC(c2ccc(-c3cc(F)c(C(F)(F)Oc4ccc(-c5ccc(N=C=S)cc5)c(F)c4)c(F)c3)c(F)c2)OC1. The molecule has 0 amide bonds. The minimum absolute atomic E-state index is 0.0662. The molecular weight excluding hydrogens is 628 g/mol. The van der Waals surface area contributed by atoms with E-state index < -0.39 is 47.0 Å². The molecule has 0 N–H and O–H groups in total. The van der Waals surface area contributed by atoms with Crippen LogP contribution in [0.4, 0.5) is 32.0 Å². The number of thiocarbonyl (C=S) groups is 1. The monoisotopic (exact) mass is 657 g/mol. The van der Waals surface area contributed by atoms with E-state index >= 15 is 22.0 Å². The quantitative estimate of drug-likeness (QED) is 0.0697. The van der Waals surface area contributed by atoms with Gasteiger partial charge in [0.2, 0.25) is 0 Å². The van der Waals surface area contributed by atoms with Crippen molar-refractivity contribution in [2.24, 2.45) is 10.9 Å². The average Bonchev–Trinajstić information content (AvgIpc) is 3.01. The van der Waals surface area contributed by atoms with Gasteiger partial charge in [-0.15, -0.1) is 0 Å². The summed E-state index contributed by atoms with van der Waals surface area (Å²) >= 11 is 4.54. The van der Waals surface area contributed by atoms with Gasteiger partial charge in [-0.2, -0.15) is 13.8 Å². The summed E-state index contributed by atoms with van der Waals surface area (Å²) in [4.78, 5) is 3.80. The van der Waals surface area contributed by atoms with E-state index in [1.165, 1.54) is 18.2 Å². The Hall–Kier alpha value is -4.02. The van der Waals surface area contributed by atoms with Crippen molar-refractivity contribution in [3.63, 3.8) is 0 Å². The predicted octanol–water partition coefficient (Wildman–Crippen LogP) is 10.7. The summed E-state index contributed by atoms with van der Waals surface area (Å²) in [5.74, 6) is -5.53. The van der Waals surface area contributed by atoms with E-state index in [2.05, 4.69) is 34.0 Å². The zero-order valence-electron chi connectivity index (χ0n) is 24.7. The van der Waals surface area contributed by atoms with Crippen LogP contribution in [0.5, 0.6) is 5.75 Å². The van der Waals surface area contributed by atoms with Gasteiger partial charge in [0.1, 0.15) is 34.6 Å². The van der Waals surface area contributed by atoms with Crippen molar-refractivity contribution in [3.8, 4) is 28.0 Å². The number of isothiocyanates is 1. The Balaban J connectivity index is 1.30. The first-order valence-corrected chi connectivity index (χ1v) is 15.1. The van der Waals surface area contributed by atoms with Crippen molar-refractivity contribution in [1.29, 1.82) is 0 Å². The minimum atomic E-state index is -4.53. The highest BCUT2D eigenvalue weighted by Crippen LogP contribution is 2.39. The zero-order chi connectivity index (χ0) is 32.8. The molecule has 4 aromatic rings. The third-order valence-corrected chi connectivity index (χ3v) is 7.72. The Labute approximate surface area is 267 Å². The summed E-state index contributed by atoms with van der Waals surface area (Å²) in [6.45, 7) is 3.04. The molecule has 0 radical (unpaired) electrons. The van der Waals surface area contributed by atoms with Crippen LogP contribution in [0.1, 0.15) is 50.0 Å². The maximum Gasteiger partial charge on any atom is 0.432 e. The van der Waals surface area contributed by atoms with E-state index in [0.717, 1.165) is 37.8 Å². The van der Waals surface area contributed by atoms with Gasteiger partial charge >= 0.3 is 6.11 Å². The van der Waals surface area contributed by atoms with Crippen molar-refractivity contribution < 1.29 is 40.6 Å². The number of nitrogens with zero attached hydrogens (tertiary/aromatic N) is 1. The molecule has 1 saturated heterocycles. The van der Waals surface area contributed by atoms with Crippen LogP contribution in [0.25, 0.3) is 22.3 Å². The van der Waals surface area contributed by atoms with Crippen molar-refractivity contribution in [1.82, 2.24) is 0 Å². The van der Waals surface area contributed by atoms with E-state index in [9.17, 15) is 4.39 Å². The molecule has 4 nitrogen and oxygen atoms in total. The number of rotatable bonds is 11. The number of halogens is 6. The molecule has 0 saturated carbocycles. The molecule has 1 aliphatic rings. The van der Waals surface area contributed by atoms with Gasteiger partial charge in [-0.1, -0.05) is 50.5 Å². The summed E-state index contributed by atoms with van der Waals surface area (Å²) in [5, 5.41) is 2.21. The van der Waals surface area contributed by atoms with Gasteiger partial charge < -0.3 is 14.2 Å². The fourth-order valence-electron chi connectivity index (χ4n) is 5.26. The highest BCUT2D eigenvalue weighted by Gasteiger charge is 2.41. The number of benzene rings is 4. The Morgan fingerprint density at radius 2 is 1.43 bits per heavy atom. The fourth-order valence-corrected chi connectivity index (χ4v) is 5.37. The van der Waals surface area contributed by atoms with Crippen LogP contribution in [0.3, 0.4) is 0 Å². The van der Waals surface area contributed by atoms with Gasteiger partial charge in [0.25, 0.3) is 0 Å². The number of unbranched alkanes of at least 4 members (excludes halogenated alkanes) is 2. The first-order valence-electron chi connectivity index (χ1n) is 14.7. The lowest BCUT2D eigenvalue weighted by molar-refractivity contribution is -0.206. The molecule has 1 heterocycles. The third kappa shape index (κ3) is 7.67. The van der Waals surface area contributed by atoms with Crippen LogP contribution in [-0.2, 0) is 15.6 Å². The molecule has 1 aliphatic heterocycles. The van der Waals surface area contributed by atoms with E-state index in [0.29, 0.717) is 48.2 Å². The van der Waals surface area contributed by atoms with Crippen molar-refractivity contribution in [2.75, 3.05) is 13.2 Å². The number of alkyl halides is 2. The van der Waals surface area contributed by atoms with Gasteiger partial charge in [-0.3, -0.25) is 0 Å². The molecule has 0 bridgehead atoms. The van der Waals surface area contributed by atoms with Crippen LogP contribution in [0.2, 0.25) is 0 Å².